The van der Waals surface area contributed by atoms with Crippen LogP contribution in [-0.4, -0.2) is 42.9 Å². The fourth-order valence-electron chi connectivity index (χ4n) is 3.28. The molecule has 5 nitrogen and oxygen atoms in total. The number of likely N-dealkylation sites (tertiary alicyclic amines) is 1. The van der Waals surface area contributed by atoms with Crippen molar-refractivity contribution >= 4 is 17.0 Å². The van der Waals surface area contributed by atoms with Gasteiger partial charge in [0.25, 0.3) is 0 Å². The van der Waals surface area contributed by atoms with Gasteiger partial charge in [-0.1, -0.05) is 12.1 Å². The molecule has 2 aromatic rings. The Kier molecular flexibility index (Phi) is 5.07. The third kappa shape index (κ3) is 3.60. The number of nitrogens with one attached hydrogen (secondary N) is 1. The van der Waals surface area contributed by atoms with Gasteiger partial charge in [-0.05, 0) is 19.1 Å². The second-order valence-corrected chi connectivity index (χ2v) is 6.66. The summed E-state index contributed by atoms with van der Waals surface area (Å²) >= 11 is 0. The number of nitrogens with zero attached hydrogens (tertiary/aromatic N) is 1. The lowest BCUT2D eigenvalue weighted by Gasteiger charge is -2.41. The van der Waals surface area contributed by atoms with Gasteiger partial charge in [0.1, 0.15) is 5.76 Å². The number of rotatable bonds is 3. The van der Waals surface area contributed by atoms with Crippen LogP contribution in [0.4, 0.5) is 22.4 Å². The smallest absolute Gasteiger partial charge is 0.417 e. The molecule has 1 N–H and O–H groups in total. The molecule has 2 amide bonds. The molecule has 1 aromatic heterocycles. The molecule has 1 atom stereocenters. The molecule has 0 bridgehead atoms. The molecule has 9 heteroatoms. The van der Waals surface area contributed by atoms with E-state index in [2.05, 4.69) is 5.32 Å². The normalized spacial score (nSPS) is 18.5. The Hall–Kier alpha value is -2.29. The fraction of sp³-hybridized carbons (Fsp3) is 0.500. The third-order valence-electron chi connectivity index (χ3n) is 5.05. The van der Waals surface area contributed by atoms with Crippen molar-refractivity contribution in [2.24, 2.45) is 0 Å². The van der Waals surface area contributed by atoms with Gasteiger partial charge in [-0.25, -0.2) is 9.18 Å². The molecule has 0 radical (unpaired) electrons. The summed E-state index contributed by atoms with van der Waals surface area (Å²) in [4.78, 5) is 13.7. The third-order valence-corrected chi connectivity index (χ3v) is 5.05. The van der Waals surface area contributed by atoms with Gasteiger partial charge in [0.2, 0.25) is 0 Å². The number of benzene rings is 1. The van der Waals surface area contributed by atoms with Crippen molar-refractivity contribution in [3.8, 4) is 0 Å². The number of amides is 2. The molecule has 1 saturated heterocycles. The topological polar surface area (TPSA) is 54.7 Å². The quantitative estimate of drug-likeness (QED) is 0.794. The summed E-state index contributed by atoms with van der Waals surface area (Å²) in [6.45, 7) is 1.49. The zero-order chi connectivity index (χ0) is 19.8. The molecular weight excluding hydrogens is 368 g/mol. The average molecular weight is 388 g/mol. The Bertz CT molecular complexity index is 826. The van der Waals surface area contributed by atoms with E-state index in [0.29, 0.717) is 11.1 Å². The van der Waals surface area contributed by atoms with E-state index in [4.69, 9.17) is 9.15 Å². The van der Waals surface area contributed by atoms with Gasteiger partial charge in [0, 0.05) is 38.4 Å². The first kappa shape index (κ1) is 19.5. The minimum atomic E-state index is -4.49. The summed E-state index contributed by atoms with van der Waals surface area (Å²) in [6.07, 6.45) is -5.15. The number of piperidine rings is 1. The maximum absolute atomic E-state index is 13.7. The molecule has 1 aliphatic rings. The highest BCUT2D eigenvalue weighted by atomic mass is 19.4. The van der Waals surface area contributed by atoms with E-state index < -0.39 is 29.7 Å². The Balaban J connectivity index is 1.64. The molecule has 1 unspecified atom stereocenters. The number of hydrogen-bond donors (Lipinski definition) is 1. The highest BCUT2D eigenvalue weighted by molar-refractivity contribution is 5.79. The van der Waals surface area contributed by atoms with E-state index in [1.54, 1.807) is 25.1 Å². The van der Waals surface area contributed by atoms with Crippen molar-refractivity contribution < 1.29 is 31.5 Å². The van der Waals surface area contributed by atoms with E-state index in [0.717, 1.165) is 7.11 Å². The van der Waals surface area contributed by atoms with E-state index >= 15 is 0 Å². The minimum Gasteiger partial charge on any atom is -0.456 e. The van der Waals surface area contributed by atoms with Crippen LogP contribution in [0.3, 0.4) is 0 Å². The predicted octanol–water partition coefficient (Wildman–Crippen LogP) is 4.39. The van der Waals surface area contributed by atoms with Crippen molar-refractivity contribution in [2.75, 3.05) is 20.2 Å². The van der Waals surface area contributed by atoms with Crippen molar-refractivity contribution in [1.82, 2.24) is 10.2 Å². The number of fused-ring (bicyclic) bond motifs is 1. The molecule has 0 spiro atoms. The lowest BCUT2D eigenvalue weighted by Crippen LogP contribution is -2.56. The van der Waals surface area contributed by atoms with Gasteiger partial charge in [-0.15, -0.1) is 0 Å². The largest absolute Gasteiger partial charge is 0.456 e. The molecule has 0 aliphatic carbocycles. The monoisotopic (exact) mass is 388 g/mol. The first-order chi connectivity index (χ1) is 12.7. The van der Waals surface area contributed by atoms with Gasteiger partial charge in [-0.3, -0.25) is 0 Å². The van der Waals surface area contributed by atoms with Crippen LogP contribution < -0.4 is 5.32 Å². The number of carbonyl (C=O) groups is 1. The summed E-state index contributed by atoms with van der Waals surface area (Å²) in [5, 5.41) is 3.25. The molecule has 0 saturated carbocycles. The molecule has 2 heterocycles. The molecule has 1 aromatic carbocycles. The first-order valence-corrected chi connectivity index (χ1v) is 8.52. The summed E-state index contributed by atoms with van der Waals surface area (Å²) in [6, 6.07) is 5.06. The van der Waals surface area contributed by atoms with Crippen LogP contribution in [0.2, 0.25) is 0 Å². The Morgan fingerprint density at radius 3 is 2.56 bits per heavy atom. The minimum absolute atomic E-state index is 0.0827. The van der Waals surface area contributed by atoms with Crippen LogP contribution in [0.15, 0.2) is 28.7 Å². The van der Waals surface area contributed by atoms with E-state index in [-0.39, 0.29) is 31.5 Å². The first-order valence-electron chi connectivity index (χ1n) is 8.52. The fourth-order valence-corrected chi connectivity index (χ4v) is 3.28. The van der Waals surface area contributed by atoms with Gasteiger partial charge in [0.05, 0.1) is 6.04 Å². The lowest BCUT2D eigenvalue weighted by molar-refractivity contribution is -0.281. The number of hydrogen-bond acceptors (Lipinski definition) is 3. The number of urea groups is 1. The average Bonchev–Trinajstić information content (AvgIpc) is 3.06. The molecular formula is C18H20F4N2O3. The van der Waals surface area contributed by atoms with Crippen LogP contribution in [0.1, 0.15) is 31.6 Å². The number of furan rings is 1. The zero-order valence-electron chi connectivity index (χ0n) is 14.9. The molecule has 3 rings (SSSR count). The lowest BCUT2D eigenvalue weighted by atomic mass is 9.90. The summed E-state index contributed by atoms with van der Waals surface area (Å²) in [5.41, 5.74) is -2.12. The molecule has 148 valence electrons. The van der Waals surface area contributed by atoms with Crippen LogP contribution in [0, 0.1) is 5.82 Å². The standard InChI is InChI=1S/C18H20F4N2O3/c1-11(14-10-12-4-3-5-13(19)15(12)27-14)23-16(25)24-8-6-17(26-2,7-9-24)18(20,21)22/h3-5,10-11H,6-9H2,1-2H3,(H,23,25). The second-order valence-electron chi connectivity index (χ2n) is 6.66. The van der Waals surface area contributed by atoms with Crippen molar-refractivity contribution in [3.05, 3.63) is 35.8 Å². The maximum atomic E-state index is 13.7. The van der Waals surface area contributed by atoms with Gasteiger partial charge >= 0.3 is 12.2 Å². The summed E-state index contributed by atoms with van der Waals surface area (Å²) in [7, 11) is 1.03. The highest BCUT2D eigenvalue weighted by Crippen LogP contribution is 2.41. The number of halogens is 4. The van der Waals surface area contributed by atoms with Crippen LogP contribution in [0.25, 0.3) is 11.0 Å². The highest BCUT2D eigenvalue weighted by Gasteiger charge is 2.56. The number of ether oxygens (including phenoxy) is 1. The van der Waals surface area contributed by atoms with Gasteiger partial charge in [0.15, 0.2) is 17.0 Å². The Labute approximate surface area is 153 Å². The van der Waals surface area contributed by atoms with Crippen LogP contribution in [-0.2, 0) is 4.74 Å². The molecule has 1 fully saturated rings. The number of alkyl halides is 3. The maximum Gasteiger partial charge on any atom is 0.417 e. The zero-order valence-corrected chi connectivity index (χ0v) is 14.9. The second kappa shape index (κ2) is 7.03. The number of carbonyl (C=O) groups excluding carboxylic acids is 1. The van der Waals surface area contributed by atoms with Gasteiger partial charge in [-0.2, -0.15) is 13.2 Å². The summed E-state index contributed by atoms with van der Waals surface area (Å²) < 4.78 is 63.5. The van der Waals surface area contributed by atoms with E-state index in [1.807, 2.05) is 0 Å². The van der Waals surface area contributed by atoms with Crippen molar-refractivity contribution in [3.63, 3.8) is 0 Å². The molecule has 27 heavy (non-hydrogen) atoms. The SMILES string of the molecule is COC1(C(F)(F)F)CCN(C(=O)NC(C)c2cc3cccc(F)c3o2)CC1. The summed E-state index contributed by atoms with van der Waals surface area (Å²) in [5.74, 6) is -0.140. The number of methoxy groups -OCH3 is 1. The van der Waals surface area contributed by atoms with E-state index in [9.17, 15) is 22.4 Å². The van der Waals surface area contributed by atoms with Crippen LogP contribution in [0.5, 0.6) is 0 Å². The van der Waals surface area contributed by atoms with Gasteiger partial charge < -0.3 is 19.4 Å². The molecule has 1 aliphatic heterocycles. The predicted molar refractivity (Wildman–Crippen MR) is 89.7 cm³/mol. The van der Waals surface area contributed by atoms with Crippen molar-refractivity contribution in [2.45, 2.75) is 37.6 Å². The van der Waals surface area contributed by atoms with E-state index in [1.165, 1.54) is 11.0 Å². The van der Waals surface area contributed by atoms with Crippen LogP contribution >= 0.6 is 0 Å². The van der Waals surface area contributed by atoms with Crippen molar-refractivity contribution in [1.29, 1.82) is 0 Å². The Morgan fingerprint density at radius 1 is 1.33 bits per heavy atom. The number of para-hydroxylation sites is 1. The Morgan fingerprint density at radius 2 is 2.00 bits per heavy atom.